The minimum Gasteiger partial charge on any atom is -0.493 e. The van der Waals surface area contributed by atoms with E-state index in [1.54, 1.807) is 20.5 Å². The van der Waals surface area contributed by atoms with Crippen molar-refractivity contribution in [1.29, 1.82) is 0 Å². The Morgan fingerprint density at radius 1 is 1.18 bits per heavy atom. The second-order valence-corrected chi connectivity index (χ2v) is 6.86. The van der Waals surface area contributed by atoms with Gasteiger partial charge in [0.05, 0.1) is 32.3 Å². The Hall–Kier alpha value is -3.28. The van der Waals surface area contributed by atoms with Crippen molar-refractivity contribution in [2.75, 3.05) is 14.2 Å². The molecule has 3 aromatic rings. The van der Waals surface area contributed by atoms with Crippen LogP contribution >= 0.6 is 0 Å². The molecule has 0 spiro atoms. The van der Waals surface area contributed by atoms with E-state index in [9.17, 15) is 4.79 Å². The predicted octanol–water partition coefficient (Wildman–Crippen LogP) is 3.37. The van der Waals surface area contributed by atoms with Crippen molar-refractivity contribution in [2.24, 2.45) is 0 Å². The molecule has 1 N–H and O–H groups in total. The summed E-state index contributed by atoms with van der Waals surface area (Å²) in [5, 5.41) is 3.14. The van der Waals surface area contributed by atoms with Crippen molar-refractivity contribution in [3.63, 3.8) is 0 Å². The molecule has 1 aromatic heterocycles. The Balaban J connectivity index is 1.44. The van der Waals surface area contributed by atoms with Gasteiger partial charge in [-0.25, -0.2) is 4.98 Å². The molecule has 1 aliphatic rings. The summed E-state index contributed by atoms with van der Waals surface area (Å²) in [6.07, 6.45) is 5.37. The first kappa shape index (κ1) is 18.1. The summed E-state index contributed by atoms with van der Waals surface area (Å²) in [4.78, 5) is 17.0. The van der Waals surface area contributed by atoms with E-state index in [4.69, 9.17) is 9.47 Å². The molecule has 0 saturated heterocycles. The Morgan fingerprint density at radius 2 is 1.93 bits per heavy atom. The molecule has 0 fully saturated rings. The van der Waals surface area contributed by atoms with E-state index < -0.39 is 0 Å². The highest BCUT2D eigenvalue weighted by Crippen LogP contribution is 2.39. The predicted molar refractivity (Wildman–Crippen MR) is 106 cm³/mol. The van der Waals surface area contributed by atoms with E-state index in [0.29, 0.717) is 5.75 Å². The number of benzene rings is 2. The highest BCUT2D eigenvalue weighted by molar-refractivity contribution is 5.76. The van der Waals surface area contributed by atoms with E-state index in [1.807, 2.05) is 53.2 Å². The zero-order valence-corrected chi connectivity index (χ0v) is 16.0. The van der Waals surface area contributed by atoms with Gasteiger partial charge in [0.2, 0.25) is 5.91 Å². The number of carbonyl (C=O) groups is 1. The molecule has 1 heterocycles. The van der Waals surface area contributed by atoms with Crippen molar-refractivity contribution in [1.82, 2.24) is 14.9 Å². The second kappa shape index (κ2) is 7.76. The summed E-state index contributed by atoms with van der Waals surface area (Å²) in [6, 6.07) is 13.9. The van der Waals surface area contributed by atoms with Crippen LogP contribution in [0.15, 0.2) is 55.0 Å². The van der Waals surface area contributed by atoms with E-state index in [1.165, 1.54) is 5.56 Å². The van der Waals surface area contributed by atoms with Crippen LogP contribution in [0.2, 0.25) is 0 Å². The van der Waals surface area contributed by atoms with Gasteiger partial charge in [0.1, 0.15) is 6.54 Å². The minimum atomic E-state index is -0.0374. The maximum absolute atomic E-state index is 12.6. The summed E-state index contributed by atoms with van der Waals surface area (Å²) in [6.45, 7) is 0.235. The van der Waals surface area contributed by atoms with Crippen LogP contribution in [0.5, 0.6) is 11.5 Å². The molecule has 4 rings (SSSR count). The summed E-state index contributed by atoms with van der Waals surface area (Å²) in [5.41, 5.74) is 4.18. The normalized spacial score (nSPS) is 15.1. The lowest BCUT2D eigenvalue weighted by atomic mass is 10.1. The molecule has 1 aliphatic carbocycles. The van der Waals surface area contributed by atoms with Crippen LogP contribution in [0.4, 0.5) is 0 Å². The maximum atomic E-state index is 12.6. The van der Waals surface area contributed by atoms with Crippen molar-refractivity contribution in [3.05, 3.63) is 66.1 Å². The standard InChI is InChI=1S/C22H23N3O3/c1-27-20-10-16-8-9-18(17(16)11-21(20)28-2)24-22(26)13-25-12-19(23-14-25)15-6-4-3-5-7-15/h3-7,10-12,14,18H,8-9,13H2,1-2H3,(H,24,26). The Kier molecular flexibility index (Phi) is 5.02. The van der Waals surface area contributed by atoms with Crippen LogP contribution in [0, 0.1) is 0 Å². The van der Waals surface area contributed by atoms with Gasteiger partial charge in [-0.3, -0.25) is 4.79 Å². The van der Waals surface area contributed by atoms with Gasteiger partial charge in [-0.05, 0) is 36.1 Å². The van der Waals surface area contributed by atoms with E-state index in [-0.39, 0.29) is 18.5 Å². The molecule has 28 heavy (non-hydrogen) atoms. The van der Waals surface area contributed by atoms with Crippen LogP contribution in [0.25, 0.3) is 11.3 Å². The van der Waals surface area contributed by atoms with E-state index >= 15 is 0 Å². The fourth-order valence-corrected chi connectivity index (χ4v) is 3.69. The Labute approximate surface area is 164 Å². The molecular weight excluding hydrogens is 354 g/mol. The number of rotatable bonds is 6. The van der Waals surface area contributed by atoms with E-state index in [0.717, 1.165) is 35.4 Å². The maximum Gasteiger partial charge on any atom is 0.240 e. The largest absolute Gasteiger partial charge is 0.493 e. The molecule has 1 amide bonds. The number of aryl methyl sites for hydroxylation is 1. The van der Waals surface area contributed by atoms with Crippen LogP contribution in [0.3, 0.4) is 0 Å². The lowest BCUT2D eigenvalue weighted by Gasteiger charge is -2.16. The Bertz CT molecular complexity index is 982. The minimum absolute atomic E-state index is 0.0144. The van der Waals surface area contributed by atoms with Gasteiger partial charge in [-0.15, -0.1) is 0 Å². The average molecular weight is 377 g/mol. The molecule has 144 valence electrons. The number of ether oxygens (including phenoxy) is 2. The third-order valence-corrected chi connectivity index (χ3v) is 5.09. The first-order valence-corrected chi connectivity index (χ1v) is 9.29. The third-order valence-electron chi connectivity index (χ3n) is 5.09. The number of nitrogens with one attached hydrogen (secondary N) is 1. The van der Waals surface area contributed by atoms with Gasteiger partial charge in [0, 0.05) is 11.8 Å². The zero-order valence-electron chi connectivity index (χ0n) is 16.0. The average Bonchev–Trinajstić information content (AvgIpc) is 3.34. The monoisotopic (exact) mass is 377 g/mol. The molecule has 0 bridgehead atoms. The number of methoxy groups -OCH3 is 2. The van der Waals surface area contributed by atoms with Crippen molar-refractivity contribution >= 4 is 5.91 Å². The van der Waals surface area contributed by atoms with Crippen LogP contribution in [-0.4, -0.2) is 29.7 Å². The number of hydrogen-bond acceptors (Lipinski definition) is 4. The van der Waals surface area contributed by atoms with Crippen molar-refractivity contribution < 1.29 is 14.3 Å². The number of fused-ring (bicyclic) bond motifs is 1. The Morgan fingerprint density at radius 3 is 2.68 bits per heavy atom. The number of carbonyl (C=O) groups excluding carboxylic acids is 1. The first-order chi connectivity index (χ1) is 13.7. The summed E-state index contributed by atoms with van der Waals surface area (Å²) >= 11 is 0. The van der Waals surface area contributed by atoms with Gasteiger partial charge in [-0.1, -0.05) is 30.3 Å². The zero-order chi connectivity index (χ0) is 19.5. The second-order valence-electron chi connectivity index (χ2n) is 6.86. The number of imidazole rings is 1. The van der Waals surface area contributed by atoms with Crippen LogP contribution in [0.1, 0.15) is 23.6 Å². The van der Waals surface area contributed by atoms with Gasteiger partial charge >= 0.3 is 0 Å². The van der Waals surface area contributed by atoms with Crippen molar-refractivity contribution in [3.8, 4) is 22.8 Å². The first-order valence-electron chi connectivity index (χ1n) is 9.29. The molecule has 0 radical (unpaired) electrons. The lowest BCUT2D eigenvalue weighted by molar-refractivity contribution is -0.122. The summed E-state index contributed by atoms with van der Waals surface area (Å²) in [5.74, 6) is 1.37. The highest BCUT2D eigenvalue weighted by atomic mass is 16.5. The molecule has 6 nitrogen and oxygen atoms in total. The fourth-order valence-electron chi connectivity index (χ4n) is 3.69. The number of amides is 1. The third kappa shape index (κ3) is 3.58. The topological polar surface area (TPSA) is 65.4 Å². The van der Waals surface area contributed by atoms with Gasteiger partial charge in [0.25, 0.3) is 0 Å². The number of hydrogen-bond donors (Lipinski definition) is 1. The summed E-state index contributed by atoms with van der Waals surface area (Å²) < 4.78 is 12.6. The molecule has 0 saturated carbocycles. The molecule has 0 aliphatic heterocycles. The van der Waals surface area contributed by atoms with Gasteiger partial charge in [-0.2, -0.15) is 0 Å². The number of aromatic nitrogens is 2. The molecular formula is C22H23N3O3. The van der Waals surface area contributed by atoms with Crippen LogP contribution < -0.4 is 14.8 Å². The van der Waals surface area contributed by atoms with Gasteiger partial charge < -0.3 is 19.4 Å². The quantitative estimate of drug-likeness (QED) is 0.715. The fraction of sp³-hybridized carbons (Fsp3) is 0.273. The van der Waals surface area contributed by atoms with E-state index in [2.05, 4.69) is 10.3 Å². The summed E-state index contributed by atoms with van der Waals surface area (Å²) in [7, 11) is 3.25. The van der Waals surface area contributed by atoms with Crippen LogP contribution in [-0.2, 0) is 17.8 Å². The van der Waals surface area contributed by atoms with Crippen molar-refractivity contribution in [2.45, 2.75) is 25.4 Å². The molecule has 2 aromatic carbocycles. The molecule has 1 unspecified atom stereocenters. The smallest absolute Gasteiger partial charge is 0.240 e. The highest BCUT2D eigenvalue weighted by Gasteiger charge is 2.26. The SMILES string of the molecule is COc1cc2c(cc1OC)C(NC(=O)Cn1cnc(-c3ccccc3)c1)CC2. The number of nitrogens with zero attached hydrogens (tertiary/aromatic N) is 2. The van der Waals surface area contributed by atoms with Gasteiger partial charge in [0.15, 0.2) is 11.5 Å². The molecule has 1 atom stereocenters. The molecule has 6 heteroatoms. The lowest BCUT2D eigenvalue weighted by Crippen LogP contribution is -2.30.